The van der Waals surface area contributed by atoms with E-state index >= 15 is 8.78 Å². The summed E-state index contributed by atoms with van der Waals surface area (Å²) in [5.74, 6) is -1.30. The molecule has 0 amide bonds. The van der Waals surface area contributed by atoms with E-state index in [-0.39, 0.29) is 36.7 Å². The second-order valence-corrected chi connectivity index (χ2v) is 9.84. The molecule has 0 aliphatic carbocycles. The molecule has 188 valence electrons. The van der Waals surface area contributed by atoms with Crippen LogP contribution in [0.15, 0.2) is 36.4 Å². The number of nitrogens with one attached hydrogen (secondary N) is 1. The molecule has 0 saturated carbocycles. The van der Waals surface area contributed by atoms with Crippen LogP contribution in [0.3, 0.4) is 0 Å². The number of halogens is 4. The molecule has 35 heavy (non-hydrogen) atoms. The molecule has 1 saturated heterocycles. The van der Waals surface area contributed by atoms with Crippen molar-refractivity contribution in [2.75, 3.05) is 32.9 Å². The summed E-state index contributed by atoms with van der Waals surface area (Å²) in [6.07, 6.45) is -0.210. The summed E-state index contributed by atoms with van der Waals surface area (Å²) in [7, 11) is 0. The van der Waals surface area contributed by atoms with E-state index < -0.39 is 23.8 Å². The van der Waals surface area contributed by atoms with Crippen LogP contribution in [-0.4, -0.2) is 66.0 Å². The van der Waals surface area contributed by atoms with Gasteiger partial charge in [0.2, 0.25) is 0 Å². The lowest BCUT2D eigenvalue weighted by Crippen LogP contribution is -2.53. The molecule has 4 nitrogen and oxygen atoms in total. The van der Waals surface area contributed by atoms with Gasteiger partial charge in [0.05, 0.1) is 12.7 Å². The van der Waals surface area contributed by atoms with Gasteiger partial charge in [-0.2, -0.15) is 0 Å². The summed E-state index contributed by atoms with van der Waals surface area (Å²) in [4.78, 5) is 7.26. The van der Waals surface area contributed by atoms with Gasteiger partial charge in [0.15, 0.2) is 0 Å². The Kier molecular flexibility index (Phi) is 6.77. The third-order valence-corrected chi connectivity index (χ3v) is 7.14. The molecule has 5 rings (SSSR count). The number of hydrogen-bond acceptors (Lipinski definition) is 3. The number of aromatic amines is 1. The minimum Gasteiger partial charge on any atom is -0.488 e. The Labute approximate surface area is 202 Å². The summed E-state index contributed by atoms with van der Waals surface area (Å²) in [5, 5.41) is 1.02. The SMILES string of the molecule is CC(F)CN1[C@H](c2c(F)cc(OC3CN(CCCF)C3)cc2F)c2[nH]c3ccccc3c2C[C@H]1C. The average Bonchev–Trinajstić information content (AvgIpc) is 3.14. The maximum absolute atomic E-state index is 15.6. The predicted molar refractivity (Wildman–Crippen MR) is 128 cm³/mol. The van der Waals surface area contributed by atoms with Gasteiger partial charge in [-0.1, -0.05) is 18.2 Å². The number of fused-ring (bicyclic) bond motifs is 3. The topological polar surface area (TPSA) is 31.5 Å². The van der Waals surface area contributed by atoms with Crippen LogP contribution in [0.25, 0.3) is 10.9 Å². The fraction of sp³-hybridized carbons (Fsp3) is 0.481. The number of H-pyrrole nitrogens is 1. The molecule has 0 spiro atoms. The van der Waals surface area contributed by atoms with Crippen LogP contribution in [0, 0.1) is 11.6 Å². The zero-order chi connectivity index (χ0) is 24.7. The zero-order valence-corrected chi connectivity index (χ0v) is 20.0. The van der Waals surface area contributed by atoms with Gasteiger partial charge in [-0.15, -0.1) is 0 Å². The number of benzene rings is 2. The average molecular weight is 490 g/mol. The van der Waals surface area contributed by atoms with Crippen molar-refractivity contribution < 1.29 is 22.3 Å². The van der Waals surface area contributed by atoms with Crippen molar-refractivity contribution in [3.05, 3.63) is 64.9 Å². The molecule has 2 aromatic carbocycles. The third kappa shape index (κ3) is 4.66. The molecule has 1 aromatic heterocycles. The van der Waals surface area contributed by atoms with Crippen molar-refractivity contribution in [2.24, 2.45) is 0 Å². The van der Waals surface area contributed by atoms with Crippen molar-refractivity contribution >= 4 is 10.9 Å². The fourth-order valence-electron chi connectivity index (χ4n) is 5.54. The molecule has 2 aliphatic heterocycles. The van der Waals surface area contributed by atoms with Gasteiger partial charge in [0.1, 0.15) is 29.7 Å². The Morgan fingerprint density at radius 1 is 1.14 bits per heavy atom. The molecule has 0 radical (unpaired) electrons. The molecule has 2 aliphatic rings. The van der Waals surface area contributed by atoms with Crippen molar-refractivity contribution in [1.29, 1.82) is 0 Å². The van der Waals surface area contributed by atoms with Crippen molar-refractivity contribution in [3.63, 3.8) is 0 Å². The number of rotatable bonds is 8. The molecule has 1 fully saturated rings. The maximum atomic E-state index is 15.6. The highest BCUT2D eigenvalue weighted by Crippen LogP contribution is 2.43. The van der Waals surface area contributed by atoms with E-state index in [0.29, 0.717) is 38.2 Å². The largest absolute Gasteiger partial charge is 0.488 e. The Hall–Kier alpha value is -2.58. The number of nitrogens with zero attached hydrogens (tertiary/aromatic N) is 2. The van der Waals surface area contributed by atoms with Crippen molar-refractivity contribution in [1.82, 2.24) is 14.8 Å². The van der Waals surface area contributed by atoms with E-state index in [1.165, 1.54) is 19.1 Å². The molecule has 3 atom stereocenters. The fourth-order valence-corrected chi connectivity index (χ4v) is 5.54. The van der Waals surface area contributed by atoms with Gasteiger partial charge in [0, 0.05) is 66.5 Å². The highest BCUT2D eigenvalue weighted by molar-refractivity contribution is 5.85. The molecular formula is C27H31F4N3O. The monoisotopic (exact) mass is 489 g/mol. The first-order chi connectivity index (χ1) is 16.9. The van der Waals surface area contributed by atoms with Crippen molar-refractivity contribution in [3.8, 4) is 5.75 Å². The van der Waals surface area contributed by atoms with Crippen molar-refractivity contribution in [2.45, 2.75) is 51.0 Å². The van der Waals surface area contributed by atoms with E-state index in [2.05, 4.69) is 4.98 Å². The minimum absolute atomic E-state index is 0.0640. The van der Waals surface area contributed by atoms with E-state index in [1.807, 2.05) is 41.0 Å². The first kappa shape index (κ1) is 24.1. The Bertz CT molecular complexity index is 1170. The molecule has 1 unspecified atom stereocenters. The van der Waals surface area contributed by atoms with Gasteiger partial charge in [-0.3, -0.25) is 14.2 Å². The van der Waals surface area contributed by atoms with Gasteiger partial charge >= 0.3 is 0 Å². The van der Waals surface area contributed by atoms with Gasteiger partial charge < -0.3 is 9.72 Å². The van der Waals surface area contributed by atoms with E-state index in [4.69, 9.17) is 4.74 Å². The highest BCUT2D eigenvalue weighted by atomic mass is 19.1. The predicted octanol–water partition coefficient (Wildman–Crippen LogP) is 5.56. The van der Waals surface area contributed by atoms with E-state index in [0.717, 1.165) is 16.5 Å². The zero-order valence-electron chi connectivity index (χ0n) is 20.0. The second-order valence-electron chi connectivity index (χ2n) is 9.84. The van der Waals surface area contributed by atoms with E-state index in [9.17, 15) is 8.78 Å². The Balaban J connectivity index is 1.48. The molecular weight excluding hydrogens is 458 g/mol. The standard InChI is InChI=1S/C27H31F4N3O/c1-16(29)13-34-17(2)10-21-20-6-3-4-7-24(20)32-26(21)27(34)25-22(30)11-18(12-23(25)31)35-19-14-33(15-19)9-5-8-28/h3-4,6-7,11-12,16-17,19,27,32H,5,8-10,13-15H2,1-2H3/t16?,17-,27-/m1/s1. The minimum atomic E-state index is -1.15. The van der Waals surface area contributed by atoms with Gasteiger partial charge in [0.25, 0.3) is 0 Å². The van der Waals surface area contributed by atoms with Gasteiger partial charge in [-0.05, 0) is 38.3 Å². The lowest BCUT2D eigenvalue weighted by Gasteiger charge is -2.41. The maximum Gasteiger partial charge on any atom is 0.135 e. The lowest BCUT2D eigenvalue weighted by atomic mass is 9.88. The molecule has 3 heterocycles. The Morgan fingerprint density at radius 2 is 1.86 bits per heavy atom. The first-order valence-electron chi connectivity index (χ1n) is 12.3. The van der Waals surface area contributed by atoms with Crippen LogP contribution in [0.2, 0.25) is 0 Å². The normalized spacial score (nSPS) is 22.2. The number of hydrogen-bond donors (Lipinski definition) is 1. The smallest absolute Gasteiger partial charge is 0.135 e. The van der Waals surface area contributed by atoms with Crippen LogP contribution < -0.4 is 4.74 Å². The number of likely N-dealkylation sites (tertiary alicyclic amines) is 1. The summed E-state index contributed by atoms with van der Waals surface area (Å²) in [6, 6.07) is 9.35. The summed E-state index contributed by atoms with van der Waals surface area (Å²) < 4.78 is 63.5. The highest BCUT2D eigenvalue weighted by Gasteiger charge is 2.39. The van der Waals surface area contributed by atoms with E-state index in [1.54, 1.807) is 0 Å². The molecule has 1 N–H and O–H groups in total. The summed E-state index contributed by atoms with van der Waals surface area (Å²) in [6.45, 7) is 4.98. The molecule has 0 bridgehead atoms. The summed E-state index contributed by atoms with van der Waals surface area (Å²) >= 11 is 0. The number of para-hydroxylation sites is 1. The second kappa shape index (κ2) is 9.82. The van der Waals surface area contributed by atoms with Crippen LogP contribution in [-0.2, 0) is 6.42 Å². The van der Waals surface area contributed by atoms with Crippen LogP contribution in [0.1, 0.15) is 43.1 Å². The first-order valence-corrected chi connectivity index (χ1v) is 12.3. The van der Waals surface area contributed by atoms with Gasteiger partial charge in [-0.25, -0.2) is 13.2 Å². The quantitative estimate of drug-likeness (QED) is 0.420. The van der Waals surface area contributed by atoms with Crippen LogP contribution in [0.5, 0.6) is 5.75 Å². The van der Waals surface area contributed by atoms with Crippen LogP contribution >= 0.6 is 0 Å². The van der Waals surface area contributed by atoms with Crippen LogP contribution in [0.4, 0.5) is 17.6 Å². The number of ether oxygens (including phenoxy) is 1. The Morgan fingerprint density at radius 3 is 2.54 bits per heavy atom. The third-order valence-electron chi connectivity index (χ3n) is 7.14. The lowest BCUT2D eigenvalue weighted by molar-refractivity contribution is 0.0180. The summed E-state index contributed by atoms with van der Waals surface area (Å²) in [5.41, 5.74) is 2.52. The molecule has 3 aromatic rings. The number of alkyl halides is 2. The number of aromatic nitrogens is 1. The molecule has 8 heteroatoms.